The second kappa shape index (κ2) is 11.1. The second-order valence-electron chi connectivity index (χ2n) is 6.64. The molecule has 0 atom stereocenters. The van der Waals surface area contributed by atoms with E-state index in [1.165, 1.54) is 6.08 Å². The molecule has 1 aromatic heterocycles. The van der Waals surface area contributed by atoms with Crippen LogP contribution in [0.2, 0.25) is 0 Å². The molecule has 1 aromatic carbocycles. The summed E-state index contributed by atoms with van der Waals surface area (Å²) in [6.07, 6.45) is 2.60. The third-order valence-corrected chi connectivity index (χ3v) is 5.68. The molecule has 0 fully saturated rings. The molecule has 0 aliphatic rings. The zero-order valence-electron chi connectivity index (χ0n) is 17.9. The molecule has 1 amide bonds. The van der Waals surface area contributed by atoms with Crippen molar-refractivity contribution in [1.82, 2.24) is 0 Å². The predicted octanol–water partition coefficient (Wildman–Crippen LogP) is 5.22. The number of esters is 2. The zero-order valence-corrected chi connectivity index (χ0v) is 20.3. The van der Waals surface area contributed by atoms with Crippen molar-refractivity contribution in [2.24, 2.45) is 0 Å². The SMILES string of the molecule is CCOC(=O)c1c(NC(=O)/C=C/c2cc(Br)ccc2OC)sc(C(=O)OC(C)C)c1C. The van der Waals surface area contributed by atoms with Crippen LogP contribution in [0.5, 0.6) is 5.75 Å². The lowest BCUT2D eigenvalue weighted by molar-refractivity contribution is -0.111. The summed E-state index contributed by atoms with van der Waals surface area (Å²) >= 11 is 4.36. The van der Waals surface area contributed by atoms with Crippen LogP contribution in [0, 0.1) is 6.92 Å². The van der Waals surface area contributed by atoms with Crippen molar-refractivity contribution >= 4 is 56.2 Å². The summed E-state index contributed by atoms with van der Waals surface area (Å²) in [6, 6.07) is 5.41. The Labute approximate surface area is 193 Å². The predicted molar refractivity (Wildman–Crippen MR) is 124 cm³/mol. The van der Waals surface area contributed by atoms with E-state index < -0.39 is 17.8 Å². The maximum Gasteiger partial charge on any atom is 0.348 e. The fraction of sp³-hybridized carbons (Fsp3) is 0.318. The summed E-state index contributed by atoms with van der Waals surface area (Å²) in [4.78, 5) is 37.7. The molecule has 0 saturated carbocycles. The van der Waals surface area contributed by atoms with Crippen LogP contribution in [0.3, 0.4) is 0 Å². The molecule has 0 radical (unpaired) electrons. The molecular formula is C22H24BrNO6S. The number of carbonyl (C=O) groups is 3. The van der Waals surface area contributed by atoms with Gasteiger partial charge in [0.05, 0.1) is 25.4 Å². The third kappa shape index (κ3) is 6.41. The summed E-state index contributed by atoms with van der Waals surface area (Å²) < 4.78 is 16.5. The molecule has 31 heavy (non-hydrogen) atoms. The summed E-state index contributed by atoms with van der Waals surface area (Å²) in [5, 5.41) is 2.90. The van der Waals surface area contributed by atoms with Crippen LogP contribution < -0.4 is 10.1 Å². The number of anilines is 1. The molecular weight excluding hydrogens is 486 g/mol. The van der Waals surface area contributed by atoms with Crippen molar-refractivity contribution in [3.63, 3.8) is 0 Å². The number of hydrogen-bond donors (Lipinski definition) is 1. The zero-order chi connectivity index (χ0) is 23.1. The minimum Gasteiger partial charge on any atom is -0.496 e. The first-order chi connectivity index (χ1) is 14.7. The van der Waals surface area contributed by atoms with Crippen LogP contribution >= 0.6 is 27.3 Å². The molecule has 0 aliphatic heterocycles. The largest absolute Gasteiger partial charge is 0.496 e. The third-order valence-electron chi connectivity index (χ3n) is 4.00. The average Bonchev–Trinajstić information content (AvgIpc) is 3.02. The smallest absolute Gasteiger partial charge is 0.348 e. The number of thiophene rings is 1. The Kier molecular flexibility index (Phi) is 8.82. The number of benzene rings is 1. The number of ether oxygens (including phenoxy) is 3. The minimum atomic E-state index is -0.618. The van der Waals surface area contributed by atoms with Crippen molar-refractivity contribution in [1.29, 1.82) is 0 Å². The Morgan fingerprint density at radius 2 is 1.94 bits per heavy atom. The molecule has 1 N–H and O–H groups in total. The fourth-order valence-electron chi connectivity index (χ4n) is 2.67. The monoisotopic (exact) mass is 509 g/mol. The average molecular weight is 510 g/mol. The van der Waals surface area contributed by atoms with Gasteiger partial charge in [-0.1, -0.05) is 15.9 Å². The lowest BCUT2D eigenvalue weighted by Crippen LogP contribution is -2.13. The fourth-order valence-corrected chi connectivity index (χ4v) is 4.13. The molecule has 1 heterocycles. The number of halogens is 1. The molecule has 0 bridgehead atoms. The Morgan fingerprint density at radius 1 is 1.23 bits per heavy atom. The van der Waals surface area contributed by atoms with Crippen molar-refractivity contribution in [3.8, 4) is 5.75 Å². The van der Waals surface area contributed by atoms with Gasteiger partial charge in [-0.2, -0.15) is 0 Å². The lowest BCUT2D eigenvalue weighted by atomic mass is 10.1. The highest BCUT2D eigenvalue weighted by Gasteiger charge is 2.27. The second-order valence-corrected chi connectivity index (χ2v) is 8.58. The number of methoxy groups -OCH3 is 1. The summed E-state index contributed by atoms with van der Waals surface area (Å²) in [6.45, 7) is 6.93. The van der Waals surface area contributed by atoms with E-state index >= 15 is 0 Å². The van der Waals surface area contributed by atoms with Gasteiger partial charge in [-0.3, -0.25) is 4.79 Å². The number of nitrogens with one attached hydrogen (secondary N) is 1. The van der Waals surface area contributed by atoms with Crippen molar-refractivity contribution in [2.45, 2.75) is 33.8 Å². The van der Waals surface area contributed by atoms with Gasteiger partial charge in [0.1, 0.15) is 15.6 Å². The molecule has 0 spiro atoms. The lowest BCUT2D eigenvalue weighted by Gasteiger charge is -2.07. The van der Waals surface area contributed by atoms with Crippen molar-refractivity contribution in [2.75, 3.05) is 19.0 Å². The summed E-state index contributed by atoms with van der Waals surface area (Å²) in [5.74, 6) is -1.05. The van der Waals surface area contributed by atoms with Crippen LogP contribution in [0.25, 0.3) is 6.08 Å². The highest BCUT2D eigenvalue weighted by atomic mass is 79.9. The van der Waals surface area contributed by atoms with Gasteiger partial charge in [0.2, 0.25) is 5.91 Å². The van der Waals surface area contributed by atoms with Gasteiger partial charge in [0, 0.05) is 16.1 Å². The van der Waals surface area contributed by atoms with Crippen molar-refractivity contribution < 1.29 is 28.6 Å². The molecule has 0 aliphatic carbocycles. The number of hydrogen-bond acceptors (Lipinski definition) is 7. The van der Waals surface area contributed by atoms with E-state index in [0.717, 1.165) is 15.8 Å². The van der Waals surface area contributed by atoms with Crippen LogP contribution in [0.1, 0.15) is 51.9 Å². The number of carbonyl (C=O) groups excluding carboxylic acids is 3. The van der Waals surface area contributed by atoms with E-state index in [2.05, 4.69) is 21.2 Å². The molecule has 0 saturated heterocycles. The molecule has 7 nitrogen and oxygen atoms in total. The first-order valence-corrected chi connectivity index (χ1v) is 11.1. The van der Waals surface area contributed by atoms with Gasteiger partial charge >= 0.3 is 11.9 Å². The maximum atomic E-state index is 12.6. The van der Waals surface area contributed by atoms with Crippen LogP contribution in [0.4, 0.5) is 5.00 Å². The minimum absolute atomic E-state index is 0.143. The molecule has 166 valence electrons. The van der Waals surface area contributed by atoms with Gasteiger partial charge in [0.25, 0.3) is 0 Å². The Bertz CT molecular complexity index is 1010. The Hall–Kier alpha value is -2.65. The molecule has 2 rings (SSSR count). The van der Waals surface area contributed by atoms with E-state index in [1.807, 2.05) is 12.1 Å². The van der Waals surface area contributed by atoms with Gasteiger partial charge in [-0.15, -0.1) is 11.3 Å². The summed E-state index contributed by atoms with van der Waals surface area (Å²) in [7, 11) is 1.54. The molecule has 0 unspecified atom stereocenters. The summed E-state index contributed by atoms with van der Waals surface area (Å²) in [5.41, 5.74) is 1.24. The normalized spacial score (nSPS) is 10.9. The van der Waals surface area contributed by atoms with Crippen LogP contribution in [-0.4, -0.2) is 37.7 Å². The van der Waals surface area contributed by atoms with Crippen LogP contribution in [0.15, 0.2) is 28.7 Å². The topological polar surface area (TPSA) is 90.9 Å². The van der Waals surface area contributed by atoms with E-state index in [9.17, 15) is 14.4 Å². The number of amides is 1. The van der Waals surface area contributed by atoms with E-state index in [-0.39, 0.29) is 28.2 Å². The molecule has 2 aromatic rings. The standard InChI is InChI=1S/C22H24BrNO6S/c1-6-29-21(26)18-13(4)19(22(27)30-12(2)3)31-20(18)24-17(25)10-7-14-11-15(23)8-9-16(14)28-5/h7-12H,6H2,1-5H3,(H,24,25)/b10-7+. The quantitative estimate of drug-likeness (QED) is 0.387. The van der Waals surface area contributed by atoms with Crippen molar-refractivity contribution in [3.05, 3.63) is 50.3 Å². The first kappa shape index (κ1) is 24.6. The Morgan fingerprint density at radius 3 is 2.55 bits per heavy atom. The van der Waals surface area contributed by atoms with Gasteiger partial charge in [0.15, 0.2) is 0 Å². The highest BCUT2D eigenvalue weighted by molar-refractivity contribution is 9.10. The van der Waals surface area contributed by atoms with Gasteiger partial charge in [-0.05, 0) is 57.5 Å². The first-order valence-electron chi connectivity index (χ1n) is 9.52. The van der Waals surface area contributed by atoms with E-state index in [1.54, 1.807) is 46.9 Å². The van der Waals surface area contributed by atoms with Gasteiger partial charge < -0.3 is 19.5 Å². The highest BCUT2D eigenvalue weighted by Crippen LogP contribution is 2.34. The number of rotatable bonds is 8. The van der Waals surface area contributed by atoms with Gasteiger partial charge in [-0.25, -0.2) is 9.59 Å². The van der Waals surface area contributed by atoms with Crippen LogP contribution in [-0.2, 0) is 14.3 Å². The molecule has 9 heteroatoms. The maximum absolute atomic E-state index is 12.6. The van der Waals surface area contributed by atoms with E-state index in [4.69, 9.17) is 14.2 Å². The van der Waals surface area contributed by atoms with E-state index in [0.29, 0.717) is 16.9 Å². The Balaban J connectivity index is 2.34.